The van der Waals surface area contributed by atoms with Crippen LogP contribution in [0.3, 0.4) is 0 Å². The molecule has 72 valence electrons. The van der Waals surface area contributed by atoms with E-state index < -0.39 is 18.3 Å². The third-order valence-electron chi connectivity index (χ3n) is 1.58. The minimum absolute atomic E-state index is 0.0581. The molecule has 0 radical (unpaired) electrons. The number of aliphatic hydroxyl groups excluding tert-OH is 1. The highest BCUT2D eigenvalue weighted by Gasteiger charge is 2.22. The van der Waals surface area contributed by atoms with Gasteiger partial charge in [0.1, 0.15) is 11.9 Å². The number of hydrogen-bond donors (Lipinski definition) is 2. The predicted molar refractivity (Wildman–Crippen MR) is 44.1 cm³/mol. The lowest BCUT2D eigenvalue weighted by Crippen LogP contribution is -2.08. The van der Waals surface area contributed by atoms with Gasteiger partial charge in [0.05, 0.1) is 5.02 Å². The van der Waals surface area contributed by atoms with Crippen LogP contribution in [0, 0.1) is 0 Å². The maximum Gasteiger partial charge on any atom is 0.268 e. The molecule has 0 aliphatic rings. The van der Waals surface area contributed by atoms with Crippen LogP contribution in [0.25, 0.3) is 0 Å². The van der Waals surface area contributed by atoms with Crippen LogP contribution >= 0.6 is 11.6 Å². The summed E-state index contributed by atoms with van der Waals surface area (Å²) in [6, 6.07) is 3.92. The molecule has 0 aromatic heterocycles. The van der Waals surface area contributed by atoms with Gasteiger partial charge in [-0.25, -0.2) is 8.78 Å². The molecule has 0 aliphatic heterocycles. The fraction of sp³-hybridized carbons (Fsp3) is 0.250. The van der Waals surface area contributed by atoms with E-state index in [1.807, 2.05) is 0 Å². The Labute approximate surface area is 78.4 Å². The molecule has 0 heterocycles. The Hall–Kier alpha value is -0.870. The second-order valence-corrected chi connectivity index (χ2v) is 2.86. The zero-order valence-corrected chi connectivity index (χ0v) is 7.17. The minimum Gasteiger partial charge on any atom is -0.506 e. The molecule has 0 saturated carbocycles. The van der Waals surface area contributed by atoms with Crippen molar-refractivity contribution in [3.8, 4) is 5.75 Å². The summed E-state index contributed by atoms with van der Waals surface area (Å²) in [5.74, 6) is -0.503. The number of rotatable bonds is 2. The molecule has 0 aliphatic carbocycles. The Balaban J connectivity index is 3.07. The number of phenols is 1. The maximum atomic E-state index is 12.0. The standard InChI is InChI=1S/C8H7ClF2O2/c9-5-3-1-2-4(6(5)12)7(13)8(10)11/h1-3,7-8,12-13H. The van der Waals surface area contributed by atoms with Crippen LogP contribution in [0.2, 0.25) is 5.02 Å². The molecule has 13 heavy (non-hydrogen) atoms. The molecule has 0 spiro atoms. The Bertz CT molecular complexity index is 304. The first kappa shape index (κ1) is 10.2. The molecular formula is C8H7ClF2O2. The number of aromatic hydroxyl groups is 1. The van der Waals surface area contributed by atoms with Gasteiger partial charge in [-0.05, 0) is 6.07 Å². The van der Waals surface area contributed by atoms with Crippen LogP contribution in [0.15, 0.2) is 18.2 Å². The molecule has 1 aromatic rings. The van der Waals surface area contributed by atoms with E-state index in [4.69, 9.17) is 16.7 Å². The van der Waals surface area contributed by atoms with Crippen molar-refractivity contribution in [3.63, 3.8) is 0 Å². The van der Waals surface area contributed by atoms with Crippen molar-refractivity contribution >= 4 is 11.6 Å². The molecule has 0 bridgehead atoms. The largest absolute Gasteiger partial charge is 0.506 e. The van der Waals surface area contributed by atoms with E-state index in [1.165, 1.54) is 18.2 Å². The van der Waals surface area contributed by atoms with E-state index in [9.17, 15) is 13.9 Å². The second kappa shape index (κ2) is 3.89. The normalized spacial score (nSPS) is 13.3. The van der Waals surface area contributed by atoms with Gasteiger partial charge < -0.3 is 10.2 Å². The van der Waals surface area contributed by atoms with Gasteiger partial charge in [0.15, 0.2) is 0 Å². The van der Waals surface area contributed by atoms with Crippen molar-refractivity contribution in [1.29, 1.82) is 0 Å². The average Bonchev–Trinajstić information content (AvgIpc) is 2.08. The van der Waals surface area contributed by atoms with Crippen molar-refractivity contribution < 1.29 is 19.0 Å². The van der Waals surface area contributed by atoms with E-state index in [2.05, 4.69) is 0 Å². The van der Waals surface area contributed by atoms with Crippen LogP contribution < -0.4 is 0 Å². The Morgan fingerprint density at radius 3 is 2.46 bits per heavy atom. The number of alkyl halides is 2. The Morgan fingerprint density at radius 1 is 1.31 bits per heavy atom. The number of hydrogen-bond acceptors (Lipinski definition) is 2. The van der Waals surface area contributed by atoms with E-state index >= 15 is 0 Å². The van der Waals surface area contributed by atoms with E-state index in [0.29, 0.717) is 0 Å². The molecule has 2 nitrogen and oxygen atoms in total. The Morgan fingerprint density at radius 2 is 1.92 bits per heavy atom. The molecule has 1 aromatic carbocycles. The smallest absolute Gasteiger partial charge is 0.268 e. The van der Waals surface area contributed by atoms with E-state index in [-0.39, 0.29) is 10.6 Å². The van der Waals surface area contributed by atoms with Crippen molar-refractivity contribution in [2.45, 2.75) is 12.5 Å². The predicted octanol–water partition coefficient (Wildman–Crippen LogP) is 2.34. The van der Waals surface area contributed by atoms with Crippen molar-refractivity contribution in [2.24, 2.45) is 0 Å². The first-order valence-corrected chi connectivity index (χ1v) is 3.85. The fourth-order valence-electron chi connectivity index (χ4n) is 0.906. The summed E-state index contributed by atoms with van der Waals surface area (Å²) in [7, 11) is 0. The van der Waals surface area contributed by atoms with Gasteiger partial charge in [-0.1, -0.05) is 23.7 Å². The summed E-state index contributed by atoms with van der Waals surface area (Å²) in [5, 5.41) is 18.1. The molecule has 0 saturated heterocycles. The summed E-state index contributed by atoms with van der Waals surface area (Å²) >= 11 is 5.46. The highest BCUT2D eigenvalue weighted by Crippen LogP contribution is 2.33. The minimum atomic E-state index is -2.94. The number of benzene rings is 1. The molecule has 0 fully saturated rings. The van der Waals surface area contributed by atoms with Gasteiger partial charge in [-0.3, -0.25) is 0 Å². The average molecular weight is 209 g/mol. The third-order valence-corrected chi connectivity index (χ3v) is 1.88. The molecule has 5 heteroatoms. The van der Waals surface area contributed by atoms with Gasteiger partial charge in [0.2, 0.25) is 0 Å². The van der Waals surface area contributed by atoms with E-state index in [0.717, 1.165) is 0 Å². The summed E-state index contributed by atoms with van der Waals surface area (Å²) in [6.45, 7) is 0. The van der Waals surface area contributed by atoms with E-state index in [1.54, 1.807) is 0 Å². The zero-order chi connectivity index (χ0) is 10.0. The number of para-hydroxylation sites is 1. The highest BCUT2D eigenvalue weighted by molar-refractivity contribution is 6.32. The summed E-state index contributed by atoms with van der Waals surface area (Å²) in [5.41, 5.74) is -0.262. The van der Waals surface area contributed by atoms with Crippen LogP contribution in [-0.4, -0.2) is 16.6 Å². The van der Waals surface area contributed by atoms with Crippen molar-refractivity contribution in [2.75, 3.05) is 0 Å². The summed E-state index contributed by atoms with van der Waals surface area (Å²) < 4.78 is 24.0. The van der Waals surface area contributed by atoms with Gasteiger partial charge in [-0.15, -0.1) is 0 Å². The van der Waals surface area contributed by atoms with Gasteiger partial charge >= 0.3 is 0 Å². The molecule has 1 rings (SSSR count). The van der Waals surface area contributed by atoms with Crippen LogP contribution in [-0.2, 0) is 0 Å². The topological polar surface area (TPSA) is 40.5 Å². The van der Waals surface area contributed by atoms with Gasteiger partial charge in [-0.2, -0.15) is 0 Å². The van der Waals surface area contributed by atoms with Crippen molar-refractivity contribution in [3.05, 3.63) is 28.8 Å². The van der Waals surface area contributed by atoms with Gasteiger partial charge in [0.25, 0.3) is 6.43 Å². The van der Waals surface area contributed by atoms with Crippen LogP contribution in [0.1, 0.15) is 11.7 Å². The zero-order valence-electron chi connectivity index (χ0n) is 6.42. The highest BCUT2D eigenvalue weighted by atomic mass is 35.5. The summed E-state index contributed by atoms with van der Waals surface area (Å²) in [6.07, 6.45) is -4.94. The number of phenolic OH excluding ortho intramolecular Hbond substituents is 1. The fourth-order valence-corrected chi connectivity index (χ4v) is 1.09. The first-order chi connectivity index (χ1) is 6.04. The maximum absolute atomic E-state index is 12.0. The Kier molecular flexibility index (Phi) is 3.06. The summed E-state index contributed by atoms with van der Waals surface area (Å²) in [4.78, 5) is 0. The molecule has 1 atom stereocenters. The van der Waals surface area contributed by atoms with Crippen molar-refractivity contribution in [1.82, 2.24) is 0 Å². The lowest BCUT2D eigenvalue weighted by atomic mass is 10.1. The molecule has 2 N–H and O–H groups in total. The third kappa shape index (κ3) is 2.08. The molecular weight excluding hydrogens is 202 g/mol. The first-order valence-electron chi connectivity index (χ1n) is 3.47. The SMILES string of the molecule is Oc1c(Cl)cccc1C(O)C(F)F. The molecule has 0 amide bonds. The second-order valence-electron chi connectivity index (χ2n) is 2.46. The van der Waals surface area contributed by atoms with Crippen LogP contribution in [0.4, 0.5) is 8.78 Å². The quantitative estimate of drug-likeness (QED) is 0.783. The van der Waals surface area contributed by atoms with Crippen LogP contribution in [0.5, 0.6) is 5.75 Å². The molecule has 1 unspecified atom stereocenters. The monoisotopic (exact) mass is 208 g/mol. The lowest BCUT2D eigenvalue weighted by Gasteiger charge is -2.11. The number of aliphatic hydroxyl groups is 1. The lowest BCUT2D eigenvalue weighted by molar-refractivity contribution is -0.00697. The number of halogens is 3. The van der Waals surface area contributed by atoms with Gasteiger partial charge in [0, 0.05) is 5.56 Å².